The monoisotopic (exact) mass is 249 g/mol. The van der Waals surface area contributed by atoms with Gasteiger partial charge in [-0.2, -0.15) is 0 Å². The zero-order valence-corrected chi connectivity index (χ0v) is 12.2. The molecular weight excluding hydrogens is 222 g/mol. The molecular formula is C16H27NO. The molecule has 2 heteroatoms. The normalized spacial score (nSPS) is 12.7. The third-order valence-electron chi connectivity index (χ3n) is 3.02. The van der Waals surface area contributed by atoms with Crippen LogP contribution in [0.3, 0.4) is 0 Å². The fourth-order valence-corrected chi connectivity index (χ4v) is 1.95. The largest absolute Gasteiger partial charge is 0.490 e. The second-order valence-electron chi connectivity index (χ2n) is 5.16. The molecule has 2 nitrogen and oxygen atoms in total. The first kappa shape index (κ1) is 15.0. The maximum Gasteiger partial charge on any atom is 0.123 e. The number of hydrogen-bond acceptors (Lipinski definition) is 2. The minimum Gasteiger partial charge on any atom is -0.490 e. The van der Waals surface area contributed by atoms with Crippen molar-refractivity contribution in [3.05, 3.63) is 29.8 Å². The lowest BCUT2D eigenvalue weighted by Crippen LogP contribution is -2.23. The highest BCUT2D eigenvalue weighted by atomic mass is 16.5. The molecule has 0 heterocycles. The van der Waals surface area contributed by atoms with Gasteiger partial charge in [-0.25, -0.2) is 0 Å². The number of rotatable bonds is 8. The summed E-state index contributed by atoms with van der Waals surface area (Å²) in [6.45, 7) is 10.9. The molecule has 1 aromatic rings. The number of ether oxygens (including phenoxy) is 1. The van der Waals surface area contributed by atoms with Crippen molar-refractivity contribution in [1.82, 2.24) is 5.32 Å². The summed E-state index contributed by atoms with van der Waals surface area (Å²) in [6.07, 6.45) is 2.49. The van der Waals surface area contributed by atoms with Crippen molar-refractivity contribution in [2.45, 2.75) is 52.6 Å². The van der Waals surface area contributed by atoms with E-state index < -0.39 is 0 Å². The highest BCUT2D eigenvalue weighted by molar-refractivity contribution is 5.35. The lowest BCUT2D eigenvalue weighted by atomic mass is 10.0. The van der Waals surface area contributed by atoms with Crippen LogP contribution in [0, 0.1) is 0 Å². The minimum atomic E-state index is 0.259. The molecule has 0 amide bonds. The van der Waals surface area contributed by atoms with Crippen molar-refractivity contribution in [2.24, 2.45) is 0 Å². The molecule has 0 saturated carbocycles. The van der Waals surface area contributed by atoms with Crippen LogP contribution in [0.5, 0.6) is 5.75 Å². The smallest absolute Gasteiger partial charge is 0.123 e. The van der Waals surface area contributed by atoms with Crippen LogP contribution in [0.15, 0.2) is 24.3 Å². The molecule has 0 aliphatic heterocycles. The van der Waals surface area contributed by atoms with Gasteiger partial charge in [0.2, 0.25) is 0 Å². The predicted molar refractivity (Wildman–Crippen MR) is 78.4 cm³/mol. The van der Waals surface area contributed by atoms with Crippen LogP contribution in [0.2, 0.25) is 0 Å². The maximum absolute atomic E-state index is 6.05. The van der Waals surface area contributed by atoms with E-state index >= 15 is 0 Å². The van der Waals surface area contributed by atoms with E-state index in [9.17, 15) is 0 Å². The zero-order chi connectivity index (χ0) is 13.4. The molecule has 0 bridgehead atoms. The Morgan fingerprint density at radius 1 is 1.11 bits per heavy atom. The van der Waals surface area contributed by atoms with Gasteiger partial charge in [0.1, 0.15) is 5.75 Å². The summed E-state index contributed by atoms with van der Waals surface area (Å²) in [5.41, 5.74) is 1.30. The third kappa shape index (κ3) is 5.09. The van der Waals surface area contributed by atoms with E-state index in [-0.39, 0.29) is 6.10 Å². The summed E-state index contributed by atoms with van der Waals surface area (Å²) in [5, 5.41) is 3.41. The molecule has 0 spiro atoms. The van der Waals surface area contributed by atoms with E-state index in [1.165, 1.54) is 12.0 Å². The summed E-state index contributed by atoms with van der Waals surface area (Å²) in [4.78, 5) is 0. The van der Waals surface area contributed by atoms with Crippen molar-refractivity contribution in [1.29, 1.82) is 0 Å². The van der Waals surface area contributed by atoms with Gasteiger partial charge in [-0.15, -0.1) is 0 Å². The topological polar surface area (TPSA) is 21.3 Å². The number of hydrogen-bond donors (Lipinski definition) is 1. The van der Waals surface area contributed by atoms with Gasteiger partial charge in [0, 0.05) is 0 Å². The lowest BCUT2D eigenvalue weighted by molar-refractivity contribution is 0.207. The molecule has 1 atom stereocenters. The second-order valence-corrected chi connectivity index (χ2v) is 5.16. The van der Waals surface area contributed by atoms with Gasteiger partial charge < -0.3 is 10.1 Å². The molecule has 0 fully saturated rings. The predicted octanol–water partition coefficient (Wildman–Crippen LogP) is 3.97. The molecule has 1 aromatic carbocycles. The van der Waals surface area contributed by atoms with Crippen LogP contribution in [-0.4, -0.2) is 19.2 Å². The van der Waals surface area contributed by atoms with Crippen molar-refractivity contribution >= 4 is 0 Å². The van der Waals surface area contributed by atoms with Gasteiger partial charge in [-0.05, 0) is 50.4 Å². The van der Waals surface area contributed by atoms with E-state index in [1.54, 1.807) is 0 Å². The minimum absolute atomic E-state index is 0.259. The highest BCUT2D eigenvalue weighted by Crippen LogP contribution is 2.26. The standard InChI is InChI=1S/C16H27NO/c1-5-11-17-12-10-14(4)18-16-9-7-6-8-15(16)13(2)3/h6-9,13-14,17H,5,10-12H2,1-4H3. The number of nitrogens with one attached hydrogen (secondary N) is 1. The van der Waals surface area contributed by atoms with Gasteiger partial charge in [0.25, 0.3) is 0 Å². The van der Waals surface area contributed by atoms with E-state index in [0.29, 0.717) is 5.92 Å². The zero-order valence-electron chi connectivity index (χ0n) is 12.2. The van der Waals surface area contributed by atoms with Crippen LogP contribution in [-0.2, 0) is 0 Å². The molecule has 102 valence electrons. The summed E-state index contributed by atoms with van der Waals surface area (Å²) >= 11 is 0. The Morgan fingerprint density at radius 3 is 2.50 bits per heavy atom. The SMILES string of the molecule is CCCNCCC(C)Oc1ccccc1C(C)C. The van der Waals surface area contributed by atoms with Gasteiger partial charge in [0.15, 0.2) is 0 Å². The van der Waals surface area contributed by atoms with Crippen LogP contribution in [0.4, 0.5) is 0 Å². The van der Waals surface area contributed by atoms with Gasteiger partial charge in [-0.3, -0.25) is 0 Å². The Bertz CT molecular complexity index is 336. The van der Waals surface area contributed by atoms with E-state index in [0.717, 1.165) is 25.3 Å². The van der Waals surface area contributed by atoms with E-state index in [1.807, 2.05) is 6.07 Å². The molecule has 0 aliphatic rings. The van der Waals surface area contributed by atoms with Crippen molar-refractivity contribution < 1.29 is 4.74 Å². The number of benzene rings is 1. The first-order valence-corrected chi connectivity index (χ1v) is 7.11. The van der Waals surface area contributed by atoms with Gasteiger partial charge in [0.05, 0.1) is 6.10 Å². The molecule has 1 N–H and O–H groups in total. The molecule has 1 rings (SSSR count). The Morgan fingerprint density at radius 2 is 1.83 bits per heavy atom. The third-order valence-corrected chi connectivity index (χ3v) is 3.02. The van der Waals surface area contributed by atoms with Crippen LogP contribution in [0.1, 0.15) is 52.0 Å². The first-order valence-electron chi connectivity index (χ1n) is 7.11. The van der Waals surface area contributed by atoms with Gasteiger partial charge in [-0.1, -0.05) is 39.0 Å². The van der Waals surface area contributed by atoms with Gasteiger partial charge >= 0.3 is 0 Å². The summed E-state index contributed by atoms with van der Waals surface area (Å²) in [5.74, 6) is 1.54. The fourth-order valence-electron chi connectivity index (χ4n) is 1.95. The van der Waals surface area contributed by atoms with Crippen LogP contribution >= 0.6 is 0 Å². The van der Waals surface area contributed by atoms with Crippen molar-refractivity contribution in [2.75, 3.05) is 13.1 Å². The first-order chi connectivity index (χ1) is 8.65. The quantitative estimate of drug-likeness (QED) is 0.704. The fraction of sp³-hybridized carbons (Fsp3) is 0.625. The lowest BCUT2D eigenvalue weighted by Gasteiger charge is -2.19. The summed E-state index contributed by atoms with van der Waals surface area (Å²) in [7, 11) is 0. The van der Waals surface area contributed by atoms with Crippen LogP contribution in [0.25, 0.3) is 0 Å². The number of para-hydroxylation sites is 1. The molecule has 0 saturated heterocycles. The van der Waals surface area contributed by atoms with E-state index in [4.69, 9.17) is 4.74 Å². The molecule has 18 heavy (non-hydrogen) atoms. The highest BCUT2D eigenvalue weighted by Gasteiger charge is 2.10. The molecule has 0 aliphatic carbocycles. The summed E-state index contributed by atoms with van der Waals surface area (Å²) < 4.78 is 6.05. The average molecular weight is 249 g/mol. The Hall–Kier alpha value is -1.02. The van der Waals surface area contributed by atoms with Crippen LogP contribution < -0.4 is 10.1 Å². The Labute approximate surface area is 112 Å². The molecule has 0 aromatic heterocycles. The van der Waals surface area contributed by atoms with E-state index in [2.05, 4.69) is 51.2 Å². The summed E-state index contributed by atoms with van der Waals surface area (Å²) in [6, 6.07) is 8.35. The molecule has 1 unspecified atom stereocenters. The Kier molecular flexibility index (Phi) is 6.81. The van der Waals surface area contributed by atoms with Crippen molar-refractivity contribution in [3.63, 3.8) is 0 Å². The molecule has 0 radical (unpaired) electrons. The Balaban J connectivity index is 2.46. The average Bonchev–Trinajstić information content (AvgIpc) is 2.35. The maximum atomic E-state index is 6.05. The van der Waals surface area contributed by atoms with Crippen molar-refractivity contribution in [3.8, 4) is 5.75 Å². The second kappa shape index (κ2) is 8.15.